The molecule has 1 rings (SSSR count). The van der Waals surface area contributed by atoms with Crippen LogP contribution in [0.25, 0.3) is 0 Å². The fraction of sp³-hybridized carbons (Fsp3) is 0.533. The van der Waals surface area contributed by atoms with Crippen LogP contribution in [0.5, 0.6) is 11.5 Å². The smallest absolute Gasteiger partial charge is 0.226 e. The van der Waals surface area contributed by atoms with Crippen LogP contribution in [0.2, 0.25) is 0 Å². The minimum Gasteiger partial charge on any atom is -0.504 e. The number of nitrogens with one attached hydrogen (secondary N) is 2. The summed E-state index contributed by atoms with van der Waals surface area (Å²) in [5.74, 6) is 0.566. The molecular weight excluding hydrogens is 256 g/mol. The summed E-state index contributed by atoms with van der Waals surface area (Å²) in [6.07, 6.45) is 0. The molecule has 20 heavy (non-hydrogen) atoms. The molecule has 1 amide bonds. The van der Waals surface area contributed by atoms with Crippen molar-refractivity contribution in [3.05, 3.63) is 23.8 Å². The van der Waals surface area contributed by atoms with Gasteiger partial charge in [0.05, 0.1) is 12.5 Å². The van der Waals surface area contributed by atoms with Crippen LogP contribution in [-0.2, 0) is 4.79 Å². The van der Waals surface area contributed by atoms with Gasteiger partial charge < -0.3 is 20.5 Å². The van der Waals surface area contributed by atoms with Crippen LogP contribution >= 0.6 is 0 Å². The van der Waals surface area contributed by atoms with E-state index in [0.29, 0.717) is 12.3 Å². The topological polar surface area (TPSA) is 70.6 Å². The predicted molar refractivity (Wildman–Crippen MR) is 78.9 cm³/mol. The van der Waals surface area contributed by atoms with E-state index in [1.165, 1.54) is 7.11 Å². The summed E-state index contributed by atoms with van der Waals surface area (Å²) < 4.78 is 5.09. The third-order valence-corrected chi connectivity index (χ3v) is 3.40. The van der Waals surface area contributed by atoms with Crippen molar-refractivity contribution < 1.29 is 14.6 Å². The summed E-state index contributed by atoms with van der Waals surface area (Å²) >= 11 is 0. The second-order valence-corrected chi connectivity index (χ2v) is 5.50. The molecule has 112 valence electrons. The molecule has 0 aliphatic carbocycles. The SMILES string of the molecule is CNC(=O)C(C)(C)CNC(C)c1ccc(O)c(OC)c1. The summed E-state index contributed by atoms with van der Waals surface area (Å²) in [6.45, 7) is 6.34. The van der Waals surface area contributed by atoms with E-state index in [1.807, 2.05) is 26.8 Å². The van der Waals surface area contributed by atoms with Crippen LogP contribution in [-0.4, -0.2) is 31.7 Å². The van der Waals surface area contributed by atoms with E-state index in [-0.39, 0.29) is 17.7 Å². The highest BCUT2D eigenvalue weighted by Crippen LogP contribution is 2.29. The molecule has 3 N–H and O–H groups in total. The minimum atomic E-state index is -0.482. The maximum atomic E-state index is 11.7. The fourth-order valence-corrected chi connectivity index (χ4v) is 1.91. The lowest BCUT2D eigenvalue weighted by molar-refractivity contribution is -0.128. The second kappa shape index (κ2) is 6.61. The van der Waals surface area contributed by atoms with E-state index < -0.39 is 5.41 Å². The van der Waals surface area contributed by atoms with Crippen molar-refractivity contribution in [1.29, 1.82) is 0 Å². The highest BCUT2D eigenvalue weighted by Gasteiger charge is 2.26. The molecule has 0 spiro atoms. The zero-order chi connectivity index (χ0) is 15.3. The molecule has 0 aliphatic rings. The van der Waals surface area contributed by atoms with Gasteiger partial charge in [0.2, 0.25) is 5.91 Å². The maximum absolute atomic E-state index is 11.7. The molecule has 1 aromatic carbocycles. The summed E-state index contributed by atoms with van der Waals surface area (Å²) in [5.41, 5.74) is 0.511. The van der Waals surface area contributed by atoms with E-state index in [1.54, 1.807) is 19.2 Å². The molecule has 0 bridgehead atoms. The molecule has 1 aromatic rings. The van der Waals surface area contributed by atoms with Gasteiger partial charge in [-0.15, -0.1) is 0 Å². The van der Waals surface area contributed by atoms with Gasteiger partial charge in [0.1, 0.15) is 0 Å². The van der Waals surface area contributed by atoms with Crippen molar-refractivity contribution in [1.82, 2.24) is 10.6 Å². The summed E-state index contributed by atoms with van der Waals surface area (Å²) in [5, 5.41) is 15.6. The first-order valence-corrected chi connectivity index (χ1v) is 6.64. The summed E-state index contributed by atoms with van der Waals surface area (Å²) in [7, 11) is 3.16. The van der Waals surface area contributed by atoms with Gasteiger partial charge in [-0.25, -0.2) is 0 Å². The molecule has 0 radical (unpaired) electrons. The van der Waals surface area contributed by atoms with Crippen molar-refractivity contribution >= 4 is 5.91 Å². The highest BCUT2D eigenvalue weighted by atomic mass is 16.5. The number of phenols is 1. The lowest BCUT2D eigenvalue weighted by Gasteiger charge is -2.25. The average Bonchev–Trinajstić information content (AvgIpc) is 2.44. The Morgan fingerprint density at radius 3 is 2.65 bits per heavy atom. The van der Waals surface area contributed by atoms with Crippen molar-refractivity contribution in [2.45, 2.75) is 26.8 Å². The van der Waals surface area contributed by atoms with Gasteiger partial charge in [-0.05, 0) is 38.5 Å². The number of carbonyl (C=O) groups is 1. The average molecular weight is 280 g/mol. The first-order valence-electron chi connectivity index (χ1n) is 6.64. The van der Waals surface area contributed by atoms with Crippen LogP contribution < -0.4 is 15.4 Å². The van der Waals surface area contributed by atoms with Gasteiger partial charge >= 0.3 is 0 Å². The Kier molecular flexibility index (Phi) is 5.39. The van der Waals surface area contributed by atoms with Gasteiger partial charge in [-0.3, -0.25) is 4.79 Å². The molecule has 0 fully saturated rings. The standard InChI is InChI=1S/C15H24N2O3/c1-10(17-9-15(2,3)14(19)16-4)11-6-7-12(18)13(8-11)20-5/h6-8,10,17-18H,9H2,1-5H3,(H,16,19). The molecular formula is C15H24N2O3. The van der Waals surface area contributed by atoms with Gasteiger partial charge in [0, 0.05) is 19.6 Å². The third kappa shape index (κ3) is 3.87. The molecule has 5 heteroatoms. The molecule has 0 saturated heterocycles. The Labute approximate surface area is 120 Å². The minimum absolute atomic E-state index is 0.000451. The molecule has 0 aliphatic heterocycles. The number of ether oxygens (including phenoxy) is 1. The number of hydrogen-bond acceptors (Lipinski definition) is 4. The number of hydrogen-bond donors (Lipinski definition) is 3. The Morgan fingerprint density at radius 2 is 2.10 bits per heavy atom. The molecule has 0 heterocycles. The number of phenolic OH excluding ortho intramolecular Hbond substituents is 1. The lowest BCUT2D eigenvalue weighted by Crippen LogP contribution is -2.42. The van der Waals surface area contributed by atoms with Gasteiger partial charge in [0.15, 0.2) is 11.5 Å². The molecule has 0 aromatic heterocycles. The number of rotatable bonds is 6. The Bertz CT molecular complexity index is 472. The number of benzene rings is 1. The van der Waals surface area contributed by atoms with E-state index in [2.05, 4.69) is 10.6 Å². The first kappa shape index (κ1) is 16.3. The molecule has 1 atom stereocenters. The third-order valence-electron chi connectivity index (χ3n) is 3.40. The first-order chi connectivity index (χ1) is 9.31. The van der Waals surface area contributed by atoms with Crippen molar-refractivity contribution in [3.8, 4) is 11.5 Å². The second-order valence-electron chi connectivity index (χ2n) is 5.50. The number of amides is 1. The number of carbonyl (C=O) groups excluding carboxylic acids is 1. The fourth-order valence-electron chi connectivity index (χ4n) is 1.91. The van der Waals surface area contributed by atoms with Crippen LogP contribution in [0.1, 0.15) is 32.4 Å². The van der Waals surface area contributed by atoms with E-state index in [9.17, 15) is 9.90 Å². The number of aromatic hydroxyl groups is 1. The van der Waals surface area contributed by atoms with Crippen LogP contribution in [0.4, 0.5) is 0 Å². The normalized spacial score (nSPS) is 12.8. The molecule has 0 saturated carbocycles. The Morgan fingerprint density at radius 1 is 1.45 bits per heavy atom. The summed E-state index contributed by atoms with van der Waals surface area (Å²) in [4.78, 5) is 11.7. The quantitative estimate of drug-likeness (QED) is 0.743. The summed E-state index contributed by atoms with van der Waals surface area (Å²) in [6, 6.07) is 5.28. The Hall–Kier alpha value is -1.75. The van der Waals surface area contributed by atoms with E-state index in [0.717, 1.165) is 5.56 Å². The molecule has 5 nitrogen and oxygen atoms in total. The van der Waals surface area contributed by atoms with E-state index in [4.69, 9.17) is 4.74 Å². The largest absolute Gasteiger partial charge is 0.504 e. The van der Waals surface area contributed by atoms with Gasteiger partial charge in [-0.1, -0.05) is 6.07 Å². The maximum Gasteiger partial charge on any atom is 0.226 e. The van der Waals surface area contributed by atoms with Crippen LogP contribution in [0, 0.1) is 5.41 Å². The van der Waals surface area contributed by atoms with Crippen molar-refractivity contribution in [2.24, 2.45) is 5.41 Å². The van der Waals surface area contributed by atoms with Gasteiger partial charge in [-0.2, -0.15) is 0 Å². The lowest BCUT2D eigenvalue weighted by atomic mass is 9.91. The Balaban J connectivity index is 2.72. The zero-order valence-corrected chi connectivity index (χ0v) is 12.8. The van der Waals surface area contributed by atoms with E-state index >= 15 is 0 Å². The zero-order valence-electron chi connectivity index (χ0n) is 12.8. The monoisotopic (exact) mass is 280 g/mol. The van der Waals surface area contributed by atoms with Crippen molar-refractivity contribution in [3.63, 3.8) is 0 Å². The number of methoxy groups -OCH3 is 1. The van der Waals surface area contributed by atoms with Crippen LogP contribution in [0.3, 0.4) is 0 Å². The van der Waals surface area contributed by atoms with Gasteiger partial charge in [0.25, 0.3) is 0 Å². The predicted octanol–water partition coefficient (Wildman–Crippen LogP) is 1.82. The van der Waals surface area contributed by atoms with Crippen LogP contribution in [0.15, 0.2) is 18.2 Å². The molecule has 1 unspecified atom stereocenters. The highest BCUT2D eigenvalue weighted by molar-refractivity contribution is 5.81. The van der Waals surface area contributed by atoms with Crippen molar-refractivity contribution in [2.75, 3.05) is 20.7 Å².